The van der Waals surface area contributed by atoms with Crippen LogP contribution in [0.15, 0.2) is 48.5 Å². The molecule has 4 nitrogen and oxygen atoms in total. The number of benzene rings is 2. The zero-order chi connectivity index (χ0) is 14.9. The second-order valence-corrected chi connectivity index (χ2v) is 6.26. The van der Waals surface area contributed by atoms with Gasteiger partial charge < -0.3 is 14.2 Å². The predicted molar refractivity (Wildman–Crippen MR) is 91.4 cm³/mol. The molecule has 1 aliphatic rings. The highest BCUT2D eigenvalue weighted by molar-refractivity contribution is 7.98. The fourth-order valence-corrected chi connectivity index (χ4v) is 3.75. The van der Waals surface area contributed by atoms with Gasteiger partial charge in [-0.3, -0.25) is 0 Å². The molecule has 5 heteroatoms. The largest absolute Gasteiger partial charge is 0.497 e. The lowest BCUT2D eigenvalue weighted by molar-refractivity contribution is 0.415. The molecule has 0 saturated heterocycles. The highest BCUT2D eigenvalue weighted by Crippen LogP contribution is 2.28. The van der Waals surface area contributed by atoms with Crippen molar-refractivity contribution in [1.82, 2.24) is 9.55 Å². The van der Waals surface area contributed by atoms with E-state index in [9.17, 15) is 0 Å². The minimum absolute atomic E-state index is 0.829. The quantitative estimate of drug-likeness (QED) is 0.722. The van der Waals surface area contributed by atoms with E-state index >= 15 is 0 Å². The van der Waals surface area contributed by atoms with Crippen molar-refractivity contribution in [3.05, 3.63) is 54.4 Å². The van der Waals surface area contributed by atoms with Crippen molar-refractivity contribution < 1.29 is 4.74 Å². The molecule has 1 aromatic heterocycles. The van der Waals surface area contributed by atoms with Gasteiger partial charge in [0.25, 0.3) is 0 Å². The maximum atomic E-state index is 5.24. The second kappa shape index (κ2) is 5.57. The summed E-state index contributed by atoms with van der Waals surface area (Å²) in [7, 11) is 1.70. The molecule has 0 atom stereocenters. The molecule has 0 fully saturated rings. The number of hydrogen-bond donors (Lipinski definition) is 0. The number of hydrogen-bond acceptors (Lipinski definition) is 4. The van der Waals surface area contributed by atoms with Crippen LogP contribution in [0, 0.1) is 0 Å². The Kier molecular flexibility index (Phi) is 3.42. The predicted octanol–water partition coefficient (Wildman–Crippen LogP) is 3.71. The number of anilines is 1. The van der Waals surface area contributed by atoms with Gasteiger partial charge in [0.1, 0.15) is 11.6 Å². The standard InChI is InChI=1S/C17H17N3OS/c1-21-14-8-6-13(7-9-14)19-11-20-16-5-3-2-4-15(16)18-17(20)10-22-12-19/h2-9H,10-12H2,1H3. The maximum absolute atomic E-state index is 5.24. The molecular weight excluding hydrogens is 294 g/mol. The average molecular weight is 311 g/mol. The molecule has 0 bridgehead atoms. The molecule has 0 amide bonds. The molecule has 2 aromatic carbocycles. The van der Waals surface area contributed by atoms with E-state index < -0.39 is 0 Å². The van der Waals surface area contributed by atoms with Gasteiger partial charge in [-0.05, 0) is 36.4 Å². The summed E-state index contributed by atoms with van der Waals surface area (Å²) in [4.78, 5) is 7.13. The Hall–Kier alpha value is -2.14. The van der Waals surface area contributed by atoms with E-state index in [1.807, 2.05) is 30.0 Å². The van der Waals surface area contributed by atoms with E-state index in [4.69, 9.17) is 9.72 Å². The Morgan fingerprint density at radius 1 is 1.09 bits per heavy atom. The lowest BCUT2D eigenvalue weighted by Crippen LogP contribution is -2.24. The number of ether oxygens (including phenoxy) is 1. The monoisotopic (exact) mass is 311 g/mol. The zero-order valence-electron chi connectivity index (χ0n) is 12.4. The van der Waals surface area contributed by atoms with E-state index in [0.717, 1.165) is 35.4 Å². The van der Waals surface area contributed by atoms with Gasteiger partial charge in [0.2, 0.25) is 0 Å². The van der Waals surface area contributed by atoms with Crippen LogP contribution in [0.2, 0.25) is 0 Å². The van der Waals surface area contributed by atoms with E-state index in [1.54, 1.807) is 7.11 Å². The molecule has 0 radical (unpaired) electrons. The minimum atomic E-state index is 0.829. The smallest absolute Gasteiger partial charge is 0.121 e. The normalized spacial score (nSPS) is 14.7. The molecule has 1 aliphatic heterocycles. The Morgan fingerprint density at radius 2 is 1.91 bits per heavy atom. The van der Waals surface area contributed by atoms with Crippen LogP contribution in [-0.2, 0) is 12.4 Å². The number of fused-ring (bicyclic) bond motifs is 3. The summed E-state index contributed by atoms with van der Waals surface area (Å²) >= 11 is 1.90. The first-order valence-electron chi connectivity index (χ1n) is 7.26. The van der Waals surface area contributed by atoms with Gasteiger partial charge in [0.15, 0.2) is 0 Å². The maximum Gasteiger partial charge on any atom is 0.121 e. The van der Waals surface area contributed by atoms with Crippen LogP contribution >= 0.6 is 11.8 Å². The summed E-state index contributed by atoms with van der Waals surface area (Å²) < 4.78 is 7.56. The third-order valence-corrected chi connectivity index (χ3v) is 4.92. The van der Waals surface area contributed by atoms with E-state index in [2.05, 4.69) is 39.8 Å². The van der Waals surface area contributed by atoms with Crippen molar-refractivity contribution in [3.8, 4) is 5.75 Å². The van der Waals surface area contributed by atoms with Crippen molar-refractivity contribution in [3.63, 3.8) is 0 Å². The number of para-hydroxylation sites is 2. The SMILES string of the molecule is COc1ccc(N2CSCc3nc4ccccc4n3C2)cc1. The number of aromatic nitrogens is 2. The van der Waals surface area contributed by atoms with E-state index in [0.29, 0.717) is 0 Å². The highest BCUT2D eigenvalue weighted by Gasteiger charge is 2.18. The van der Waals surface area contributed by atoms with Gasteiger partial charge in [-0.25, -0.2) is 4.98 Å². The molecule has 0 unspecified atom stereocenters. The molecule has 0 aliphatic carbocycles. The topological polar surface area (TPSA) is 30.3 Å². The van der Waals surface area contributed by atoms with Gasteiger partial charge in [-0.1, -0.05) is 12.1 Å². The molecule has 0 N–H and O–H groups in total. The van der Waals surface area contributed by atoms with Crippen LogP contribution in [0.1, 0.15) is 5.82 Å². The summed E-state index contributed by atoms with van der Waals surface area (Å²) in [6, 6.07) is 16.6. The van der Waals surface area contributed by atoms with Gasteiger partial charge >= 0.3 is 0 Å². The number of methoxy groups -OCH3 is 1. The van der Waals surface area contributed by atoms with Crippen LogP contribution in [0.25, 0.3) is 11.0 Å². The Labute approximate surface area is 133 Å². The Balaban J connectivity index is 1.71. The van der Waals surface area contributed by atoms with Crippen molar-refractivity contribution >= 4 is 28.5 Å². The number of imidazole rings is 1. The Morgan fingerprint density at radius 3 is 2.73 bits per heavy atom. The molecule has 2 heterocycles. The molecule has 4 rings (SSSR count). The van der Waals surface area contributed by atoms with E-state index in [-0.39, 0.29) is 0 Å². The minimum Gasteiger partial charge on any atom is -0.497 e. The van der Waals surface area contributed by atoms with Crippen LogP contribution in [0.4, 0.5) is 5.69 Å². The second-order valence-electron chi connectivity index (χ2n) is 5.30. The van der Waals surface area contributed by atoms with E-state index in [1.165, 1.54) is 11.2 Å². The summed E-state index contributed by atoms with van der Waals surface area (Å²) in [6.07, 6.45) is 0. The van der Waals surface area contributed by atoms with Gasteiger partial charge in [0, 0.05) is 5.69 Å². The summed E-state index contributed by atoms with van der Waals surface area (Å²) in [6.45, 7) is 0.829. The van der Waals surface area contributed by atoms with Crippen molar-refractivity contribution in [2.24, 2.45) is 0 Å². The molecule has 22 heavy (non-hydrogen) atoms. The summed E-state index contributed by atoms with van der Waals surface area (Å²) in [5, 5.41) is 0. The van der Waals surface area contributed by atoms with Gasteiger partial charge in [0.05, 0.1) is 36.4 Å². The Bertz CT molecular complexity index is 797. The number of nitrogens with zero attached hydrogens (tertiary/aromatic N) is 3. The first-order valence-corrected chi connectivity index (χ1v) is 8.41. The fraction of sp³-hybridized carbons (Fsp3) is 0.235. The van der Waals surface area contributed by atoms with Crippen LogP contribution in [0.3, 0.4) is 0 Å². The lowest BCUT2D eigenvalue weighted by Gasteiger charge is -2.23. The van der Waals surface area contributed by atoms with Crippen LogP contribution in [-0.4, -0.2) is 22.5 Å². The fourth-order valence-electron chi connectivity index (χ4n) is 2.80. The van der Waals surface area contributed by atoms with Gasteiger partial charge in [-0.2, -0.15) is 0 Å². The molecular formula is C17H17N3OS. The summed E-state index contributed by atoms with van der Waals surface area (Å²) in [5.41, 5.74) is 3.49. The average Bonchev–Trinajstić information content (AvgIpc) is 2.78. The molecule has 0 spiro atoms. The van der Waals surface area contributed by atoms with Crippen LogP contribution in [0.5, 0.6) is 5.75 Å². The third kappa shape index (κ3) is 2.31. The lowest BCUT2D eigenvalue weighted by atomic mass is 10.3. The molecule has 0 saturated carbocycles. The van der Waals surface area contributed by atoms with Crippen molar-refractivity contribution in [2.75, 3.05) is 17.9 Å². The first-order chi connectivity index (χ1) is 10.8. The van der Waals surface area contributed by atoms with Crippen molar-refractivity contribution in [2.45, 2.75) is 12.4 Å². The first kappa shape index (κ1) is 13.5. The third-order valence-electron chi connectivity index (χ3n) is 3.96. The molecule has 112 valence electrons. The highest BCUT2D eigenvalue weighted by atomic mass is 32.2. The summed E-state index contributed by atoms with van der Waals surface area (Å²) in [5.74, 6) is 3.95. The van der Waals surface area contributed by atoms with Gasteiger partial charge in [-0.15, -0.1) is 11.8 Å². The number of rotatable bonds is 2. The number of thioether (sulfide) groups is 1. The molecule has 3 aromatic rings. The van der Waals surface area contributed by atoms with Crippen molar-refractivity contribution in [1.29, 1.82) is 0 Å². The zero-order valence-corrected chi connectivity index (χ0v) is 13.2. The van der Waals surface area contributed by atoms with Crippen LogP contribution < -0.4 is 9.64 Å².